The van der Waals surface area contributed by atoms with E-state index in [1.165, 1.54) is 19.2 Å². The second-order valence-electron chi connectivity index (χ2n) is 6.37. The number of methoxy groups -OCH3 is 1. The average Bonchev–Trinajstić information content (AvgIpc) is 3.04. The van der Waals surface area contributed by atoms with Crippen LogP contribution in [0.2, 0.25) is 5.02 Å². The van der Waals surface area contributed by atoms with E-state index in [4.69, 9.17) is 16.3 Å². The molecule has 1 aromatic heterocycles. The van der Waals surface area contributed by atoms with Crippen LogP contribution in [0.25, 0.3) is 10.9 Å². The first-order valence-corrected chi connectivity index (χ1v) is 8.76. The van der Waals surface area contributed by atoms with Crippen LogP contribution in [0.3, 0.4) is 0 Å². The number of benzene rings is 2. The molecule has 2 heterocycles. The van der Waals surface area contributed by atoms with Gasteiger partial charge in [0.2, 0.25) is 0 Å². The van der Waals surface area contributed by atoms with E-state index in [-0.39, 0.29) is 5.69 Å². The monoisotopic (exact) mass is 385 g/mol. The molecule has 1 N–H and O–H groups in total. The van der Waals surface area contributed by atoms with E-state index >= 15 is 0 Å². The number of ether oxygens (including phenoxy) is 1. The fourth-order valence-corrected chi connectivity index (χ4v) is 3.87. The van der Waals surface area contributed by atoms with E-state index in [9.17, 15) is 14.9 Å². The number of nitro groups is 1. The molecule has 8 heteroatoms. The van der Waals surface area contributed by atoms with Crippen LogP contribution in [-0.2, 0) is 11.2 Å². The summed E-state index contributed by atoms with van der Waals surface area (Å²) >= 11 is 6.16. The molecule has 0 saturated carbocycles. The van der Waals surface area contributed by atoms with Crippen LogP contribution in [-0.4, -0.2) is 34.6 Å². The van der Waals surface area contributed by atoms with Crippen molar-refractivity contribution in [1.29, 1.82) is 0 Å². The van der Waals surface area contributed by atoms with Crippen molar-refractivity contribution in [2.24, 2.45) is 0 Å². The lowest BCUT2D eigenvalue weighted by Crippen LogP contribution is -2.40. The Kier molecular flexibility index (Phi) is 4.24. The van der Waals surface area contributed by atoms with Gasteiger partial charge in [-0.3, -0.25) is 15.0 Å². The van der Waals surface area contributed by atoms with Crippen molar-refractivity contribution in [1.82, 2.24) is 9.88 Å². The molecule has 0 radical (unpaired) electrons. The summed E-state index contributed by atoms with van der Waals surface area (Å²) in [5, 5.41) is 12.6. The van der Waals surface area contributed by atoms with Gasteiger partial charge in [0.15, 0.2) is 0 Å². The van der Waals surface area contributed by atoms with Gasteiger partial charge in [0, 0.05) is 40.3 Å². The number of aromatic amines is 1. The smallest absolute Gasteiger partial charge is 0.410 e. The van der Waals surface area contributed by atoms with Crippen LogP contribution in [0.5, 0.6) is 0 Å². The molecule has 7 nitrogen and oxygen atoms in total. The number of halogens is 1. The Labute approximate surface area is 159 Å². The van der Waals surface area contributed by atoms with Crippen LogP contribution in [0.1, 0.15) is 22.9 Å². The van der Waals surface area contributed by atoms with Gasteiger partial charge in [-0.05, 0) is 47.9 Å². The third kappa shape index (κ3) is 2.90. The largest absolute Gasteiger partial charge is 0.453 e. The predicted octanol–water partition coefficient (Wildman–Crippen LogP) is 4.44. The number of carbonyl (C=O) groups is 1. The number of H-pyrrole nitrogens is 1. The molecule has 1 atom stereocenters. The van der Waals surface area contributed by atoms with Gasteiger partial charge in [0.05, 0.1) is 12.0 Å². The molecule has 1 amide bonds. The minimum Gasteiger partial charge on any atom is -0.453 e. The maximum atomic E-state index is 12.4. The maximum absolute atomic E-state index is 12.4. The third-order valence-electron chi connectivity index (χ3n) is 4.92. The van der Waals surface area contributed by atoms with Crippen LogP contribution in [0.15, 0.2) is 42.5 Å². The highest BCUT2D eigenvalue weighted by atomic mass is 35.5. The number of rotatable bonds is 2. The van der Waals surface area contributed by atoms with Gasteiger partial charge in [-0.15, -0.1) is 0 Å². The van der Waals surface area contributed by atoms with Crippen LogP contribution < -0.4 is 0 Å². The summed E-state index contributed by atoms with van der Waals surface area (Å²) in [4.78, 5) is 27.9. The zero-order valence-corrected chi connectivity index (χ0v) is 15.2. The Morgan fingerprint density at radius 3 is 2.70 bits per heavy atom. The summed E-state index contributed by atoms with van der Waals surface area (Å²) in [7, 11) is 1.34. The molecule has 1 aliphatic rings. The quantitative estimate of drug-likeness (QED) is 0.521. The minimum atomic E-state index is -0.445. The second-order valence-corrected chi connectivity index (χ2v) is 6.81. The van der Waals surface area contributed by atoms with Crippen LogP contribution in [0.4, 0.5) is 10.5 Å². The number of aromatic nitrogens is 1. The average molecular weight is 386 g/mol. The van der Waals surface area contributed by atoms with Crippen molar-refractivity contribution < 1.29 is 14.5 Å². The number of hydrogen-bond acceptors (Lipinski definition) is 4. The first kappa shape index (κ1) is 17.4. The topological polar surface area (TPSA) is 88.5 Å². The molecule has 0 aliphatic carbocycles. The van der Waals surface area contributed by atoms with E-state index in [2.05, 4.69) is 4.98 Å². The normalized spacial score (nSPS) is 16.2. The van der Waals surface area contributed by atoms with Gasteiger partial charge in [-0.1, -0.05) is 11.6 Å². The van der Waals surface area contributed by atoms with Crippen molar-refractivity contribution in [3.8, 4) is 0 Å². The van der Waals surface area contributed by atoms with Crippen LogP contribution in [0, 0.1) is 10.1 Å². The molecule has 0 bridgehead atoms. The van der Waals surface area contributed by atoms with Gasteiger partial charge in [0.25, 0.3) is 5.69 Å². The fraction of sp³-hybridized carbons (Fsp3) is 0.211. The Morgan fingerprint density at radius 1 is 1.30 bits per heavy atom. The standard InChI is InChI=1S/C19H16ClN3O4/c1-27-19(24)22-9-8-14-15-10-12(20)4-7-16(15)21-17(14)18(22)11-2-5-13(6-3-11)23(25)26/h2-7,10,18,21H,8-9H2,1H3. The van der Waals surface area contributed by atoms with Crippen molar-refractivity contribution >= 4 is 34.3 Å². The Hall–Kier alpha value is -3.06. The van der Waals surface area contributed by atoms with Crippen molar-refractivity contribution in [3.63, 3.8) is 0 Å². The zero-order valence-electron chi connectivity index (χ0n) is 14.4. The number of carbonyl (C=O) groups excluding carboxylic acids is 1. The first-order chi connectivity index (χ1) is 13.0. The molecule has 3 aromatic rings. The summed E-state index contributed by atoms with van der Waals surface area (Å²) < 4.78 is 4.96. The Balaban J connectivity index is 1.88. The summed E-state index contributed by atoms with van der Waals surface area (Å²) in [5.74, 6) is 0. The molecule has 4 rings (SSSR count). The van der Waals surface area contributed by atoms with Gasteiger partial charge in [-0.25, -0.2) is 4.79 Å². The zero-order chi connectivity index (χ0) is 19.1. The number of non-ortho nitro benzene ring substituents is 1. The van der Waals surface area contributed by atoms with Gasteiger partial charge in [0.1, 0.15) is 6.04 Å². The van der Waals surface area contributed by atoms with Crippen molar-refractivity contribution in [3.05, 3.63) is 74.4 Å². The molecular formula is C19H16ClN3O4. The van der Waals surface area contributed by atoms with E-state index in [0.717, 1.165) is 27.7 Å². The van der Waals surface area contributed by atoms with E-state index in [1.807, 2.05) is 18.2 Å². The van der Waals surface area contributed by atoms with E-state index in [1.54, 1.807) is 17.0 Å². The predicted molar refractivity (Wildman–Crippen MR) is 101 cm³/mol. The Bertz CT molecular complexity index is 1050. The number of fused-ring (bicyclic) bond motifs is 3. The SMILES string of the molecule is COC(=O)N1CCc2c([nH]c3ccc(Cl)cc23)C1c1ccc([N+](=O)[O-])cc1. The number of nitrogens with one attached hydrogen (secondary N) is 1. The Morgan fingerprint density at radius 2 is 2.04 bits per heavy atom. The molecular weight excluding hydrogens is 370 g/mol. The molecule has 27 heavy (non-hydrogen) atoms. The van der Waals surface area contributed by atoms with Crippen LogP contribution >= 0.6 is 11.6 Å². The summed E-state index contributed by atoms with van der Waals surface area (Å²) in [5.41, 5.74) is 3.67. The second kappa shape index (κ2) is 6.59. The lowest BCUT2D eigenvalue weighted by Gasteiger charge is -2.35. The highest BCUT2D eigenvalue weighted by Gasteiger charge is 2.35. The minimum absolute atomic E-state index is 0.00262. The fourth-order valence-electron chi connectivity index (χ4n) is 3.70. The number of amides is 1. The molecule has 0 saturated heterocycles. The van der Waals surface area contributed by atoms with Gasteiger partial charge in [-0.2, -0.15) is 0 Å². The molecule has 138 valence electrons. The summed E-state index contributed by atoms with van der Waals surface area (Å²) in [6, 6.07) is 11.4. The first-order valence-electron chi connectivity index (χ1n) is 8.38. The lowest BCUT2D eigenvalue weighted by atomic mass is 9.92. The highest BCUT2D eigenvalue weighted by molar-refractivity contribution is 6.31. The molecule has 0 fully saturated rings. The third-order valence-corrected chi connectivity index (χ3v) is 5.15. The van der Waals surface area contributed by atoms with E-state index < -0.39 is 17.1 Å². The van der Waals surface area contributed by atoms with E-state index in [0.29, 0.717) is 18.0 Å². The highest BCUT2D eigenvalue weighted by Crippen LogP contribution is 2.39. The maximum Gasteiger partial charge on any atom is 0.410 e. The van der Waals surface area contributed by atoms with Crippen molar-refractivity contribution in [2.75, 3.05) is 13.7 Å². The van der Waals surface area contributed by atoms with Gasteiger partial charge < -0.3 is 9.72 Å². The lowest BCUT2D eigenvalue weighted by molar-refractivity contribution is -0.384. The molecule has 2 aromatic carbocycles. The number of nitrogens with zero attached hydrogens (tertiary/aromatic N) is 2. The molecule has 1 aliphatic heterocycles. The summed E-state index contributed by atoms with van der Waals surface area (Å²) in [6.45, 7) is 0.473. The van der Waals surface area contributed by atoms with Gasteiger partial charge >= 0.3 is 6.09 Å². The molecule has 0 spiro atoms. The number of hydrogen-bond donors (Lipinski definition) is 1. The van der Waals surface area contributed by atoms with Crippen molar-refractivity contribution in [2.45, 2.75) is 12.5 Å². The molecule has 1 unspecified atom stereocenters. The number of nitro benzene ring substituents is 1. The summed E-state index contributed by atoms with van der Waals surface area (Å²) in [6.07, 6.45) is 0.217.